The number of sulfonamides is 1. The average molecular weight is 413 g/mol. The summed E-state index contributed by atoms with van der Waals surface area (Å²) >= 11 is 0. The third-order valence-electron chi connectivity index (χ3n) is 5.59. The fourth-order valence-corrected chi connectivity index (χ4v) is 5.33. The van der Waals surface area contributed by atoms with Gasteiger partial charge < -0.3 is 14.7 Å². The lowest BCUT2D eigenvalue weighted by Gasteiger charge is -2.36. The Bertz CT molecular complexity index is 729. The third kappa shape index (κ3) is 5.45. The summed E-state index contributed by atoms with van der Waals surface area (Å²) in [6.07, 6.45) is 5.28. The minimum atomic E-state index is -3.38. The molecule has 1 unspecified atom stereocenters. The van der Waals surface area contributed by atoms with Gasteiger partial charge in [0.2, 0.25) is 10.0 Å². The van der Waals surface area contributed by atoms with Gasteiger partial charge in [0, 0.05) is 58.4 Å². The van der Waals surface area contributed by atoms with Crippen LogP contribution in [0.5, 0.6) is 0 Å². The number of piperazine rings is 1. The lowest BCUT2D eigenvalue weighted by molar-refractivity contribution is 0.163. The van der Waals surface area contributed by atoms with Gasteiger partial charge in [-0.3, -0.25) is 9.89 Å². The van der Waals surface area contributed by atoms with Crippen molar-refractivity contribution >= 4 is 16.0 Å². The maximum absolute atomic E-state index is 12.6. The fourth-order valence-electron chi connectivity index (χ4n) is 3.90. The molecule has 0 saturated carbocycles. The molecule has 3 rings (SSSR count). The van der Waals surface area contributed by atoms with E-state index in [9.17, 15) is 8.42 Å². The number of rotatable bonds is 6. The van der Waals surface area contributed by atoms with Crippen molar-refractivity contribution in [1.82, 2.24) is 24.6 Å². The van der Waals surface area contributed by atoms with Crippen molar-refractivity contribution < 1.29 is 12.9 Å². The fraction of sp³-hybridized carbons (Fsp3) is 0.778. The van der Waals surface area contributed by atoms with Gasteiger partial charge in [-0.25, -0.2) is 8.42 Å². The molecule has 1 atom stereocenters. The van der Waals surface area contributed by atoms with Crippen LogP contribution in [0.25, 0.3) is 0 Å². The van der Waals surface area contributed by atoms with E-state index in [4.69, 9.17) is 4.52 Å². The van der Waals surface area contributed by atoms with Crippen LogP contribution in [-0.2, 0) is 15.8 Å². The molecule has 1 aromatic rings. The Balaban J connectivity index is 1.44. The van der Waals surface area contributed by atoms with Crippen molar-refractivity contribution in [3.8, 4) is 0 Å². The van der Waals surface area contributed by atoms with Crippen LogP contribution in [0.3, 0.4) is 0 Å². The first-order valence-electron chi connectivity index (χ1n) is 10.1. The van der Waals surface area contributed by atoms with E-state index in [1.807, 2.05) is 0 Å². The summed E-state index contributed by atoms with van der Waals surface area (Å²) in [5.74, 6) is 0.725. The number of hydrogen-bond acceptors (Lipinski definition) is 6. The van der Waals surface area contributed by atoms with Crippen molar-refractivity contribution in [3.63, 3.8) is 0 Å². The highest BCUT2D eigenvalue weighted by molar-refractivity contribution is 7.88. The third-order valence-corrected chi connectivity index (χ3v) is 7.40. The summed E-state index contributed by atoms with van der Waals surface area (Å²) in [6.45, 7) is 7.47. The first-order valence-corrected chi connectivity index (χ1v) is 11.7. The molecule has 1 aromatic heterocycles. The second kappa shape index (κ2) is 9.71. The Hall–Kier alpha value is -1.65. The van der Waals surface area contributed by atoms with Crippen LogP contribution in [0, 0.1) is 0 Å². The van der Waals surface area contributed by atoms with Gasteiger partial charge in [-0.15, -0.1) is 0 Å². The highest BCUT2D eigenvalue weighted by Crippen LogP contribution is 2.15. The number of aromatic nitrogens is 1. The van der Waals surface area contributed by atoms with Crippen molar-refractivity contribution in [1.29, 1.82) is 0 Å². The second-order valence-corrected chi connectivity index (χ2v) is 9.46. The molecule has 10 heteroatoms. The first kappa shape index (κ1) is 21.1. The SMILES string of the molecule is CN=C(NCCN1CCCCC1C)N1CCN(S(=O)(=O)Cc2ccon2)CC1. The highest BCUT2D eigenvalue weighted by atomic mass is 32.2. The summed E-state index contributed by atoms with van der Waals surface area (Å²) in [4.78, 5) is 9.04. The Kier molecular flexibility index (Phi) is 7.30. The van der Waals surface area contributed by atoms with Gasteiger partial charge >= 0.3 is 0 Å². The second-order valence-electron chi connectivity index (χ2n) is 7.49. The molecule has 0 amide bonds. The van der Waals surface area contributed by atoms with Crippen LogP contribution < -0.4 is 5.32 Å². The Morgan fingerprint density at radius 1 is 1.29 bits per heavy atom. The minimum absolute atomic E-state index is 0.121. The van der Waals surface area contributed by atoms with Gasteiger partial charge in [-0.2, -0.15) is 4.31 Å². The van der Waals surface area contributed by atoms with Crippen LogP contribution in [0.2, 0.25) is 0 Å². The number of likely N-dealkylation sites (tertiary alicyclic amines) is 1. The molecule has 0 aromatic carbocycles. The molecule has 2 fully saturated rings. The van der Waals surface area contributed by atoms with E-state index in [0.717, 1.165) is 19.0 Å². The summed E-state index contributed by atoms with van der Waals surface area (Å²) in [7, 11) is -1.61. The van der Waals surface area contributed by atoms with Crippen molar-refractivity contribution in [2.75, 3.05) is 52.9 Å². The van der Waals surface area contributed by atoms with Gasteiger partial charge in [0.15, 0.2) is 5.96 Å². The lowest BCUT2D eigenvalue weighted by atomic mass is 10.0. The molecule has 2 aliphatic rings. The van der Waals surface area contributed by atoms with E-state index in [1.54, 1.807) is 13.1 Å². The molecular weight excluding hydrogens is 380 g/mol. The number of nitrogens with one attached hydrogen (secondary N) is 1. The highest BCUT2D eigenvalue weighted by Gasteiger charge is 2.29. The molecule has 2 saturated heterocycles. The van der Waals surface area contributed by atoms with Crippen molar-refractivity contribution in [2.24, 2.45) is 4.99 Å². The molecule has 0 spiro atoms. The number of hydrogen-bond donors (Lipinski definition) is 1. The normalized spacial score (nSPS) is 23.1. The van der Waals surface area contributed by atoms with E-state index in [1.165, 1.54) is 36.4 Å². The van der Waals surface area contributed by atoms with Crippen LogP contribution in [-0.4, -0.2) is 92.5 Å². The Morgan fingerprint density at radius 2 is 2.07 bits per heavy atom. The van der Waals surface area contributed by atoms with Crippen LogP contribution >= 0.6 is 0 Å². The quantitative estimate of drug-likeness (QED) is 0.539. The maximum atomic E-state index is 12.6. The summed E-state index contributed by atoms with van der Waals surface area (Å²) < 4.78 is 31.4. The molecule has 3 heterocycles. The number of guanidine groups is 1. The molecule has 2 aliphatic heterocycles. The van der Waals surface area contributed by atoms with E-state index >= 15 is 0 Å². The van der Waals surface area contributed by atoms with E-state index in [0.29, 0.717) is 37.9 Å². The van der Waals surface area contributed by atoms with Gasteiger partial charge in [0.05, 0.1) is 5.69 Å². The van der Waals surface area contributed by atoms with Gasteiger partial charge in [-0.05, 0) is 26.3 Å². The van der Waals surface area contributed by atoms with Crippen LogP contribution in [0.15, 0.2) is 21.8 Å². The van der Waals surface area contributed by atoms with Crippen molar-refractivity contribution in [3.05, 3.63) is 18.0 Å². The number of aliphatic imine (C=N–C) groups is 1. The Labute approximate surface area is 167 Å². The summed E-state index contributed by atoms with van der Waals surface area (Å²) in [5, 5.41) is 7.15. The molecule has 0 aliphatic carbocycles. The van der Waals surface area contributed by atoms with Gasteiger partial charge in [-0.1, -0.05) is 11.6 Å². The lowest BCUT2D eigenvalue weighted by Crippen LogP contribution is -2.54. The molecule has 28 heavy (non-hydrogen) atoms. The van der Waals surface area contributed by atoms with Crippen LogP contribution in [0.4, 0.5) is 0 Å². The predicted molar refractivity (Wildman–Crippen MR) is 109 cm³/mol. The predicted octanol–water partition coefficient (Wildman–Crippen LogP) is 0.572. The van der Waals surface area contributed by atoms with Gasteiger partial charge in [0.1, 0.15) is 12.0 Å². The number of piperidine rings is 1. The first-order chi connectivity index (χ1) is 13.5. The standard InChI is InChI=1S/C18H32N6O3S/c1-16-5-3-4-8-22(16)9-7-20-18(19-2)23-10-12-24(13-11-23)28(25,26)15-17-6-14-27-21-17/h6,14,16H,3-5,7-13,15H2,1-2H3,(H,19,20). The number of nitrogens with zero attached hydrogens (tertiary/aromatic N) is 5. The summed E-state index contributed by atoms with van der Waals surface area (Å²) in [6, 6.07) is 2.24. The minimum Gasteiger partial charge on any atom is -0.364 e. The van der Waals surface area contributed by atoms with E-state index in [2.05, 4.69) is 32.2 Å². The summed E-state index contributed by atoms with van der Waals surface area (Å²) in [5.41, 5.74) is 0.437. The zero-order valence-electron chi connectivity index (χ0n) is 16.9. The molecule has 0 radical (unpaired) electrons. The molecule has 9 nitrogen and oxygen atoms in total. The smallest absolute Gasteiger partial charge is 0.220 e. The molecular formula is C18H32N6O3S. The zero-order valence-corrected chi connectivity index (χ0v) is 17.7. The zero-order chi connectivity index (χ0) is 20.0. The Morgan fingerprint density at radius 3 is 2.71 bits per heavy atom. The van der Waals surface area contributed by atoms with Crippen molar-refractivity contribution in [2.45, 2.75) is 38.0 Å². The van der Waals surface area contributed by atoms with E-state index < -0.39 is 10.0 Å². The largest absolute Gasteiger partial charge is 0.364 e. The monoisotopic (exact) mass is 412 g/mol. The average Bonchev–Trinajstić information content (AvgIpc) is 3.19. The van der Waals surface area contributed by atoms with E-state index in [-0.39, 0.29) is 5.75 Å². The van der Waals surface area contributed by atoms with Crippen LogP contribution in [0.1, 0.15) is 31.9 Å². The maximum Gasteiger partial charge on any atom is 0.220 e. The van der Waals surface area contributed by atoms with Gasteiger partial charge in [0.25, 0.3) is 0 Å². The molecule has 1 N–H and O–H groups in total. The molecule has 0 bridgehead atoms. The topological polar surface area (TPSA) is 94.3 Å². The molecule has 158 valence electrons.